The number of rotatable bonds is 9. The van der Waals surface area contributed by atoms with Gasteiger partial charge in [-0.05, 0) is 32.4 Å². The Morgan fingerprint density at radius 2 is 1.71 bits per heavy atom. The summed E-state index contributed by atoms with van der Waals surface area (Å²) in [5.41, 5.74) is 1.99. The first kappa shape index (κ1) is 21.1. The van der Waals surface area contributed by atoms with Crippen molar-refractivity contribution in [1.29, 1.82) is 0 Å². The van der Waals surface area contributed by atoms with E-state index < -0.39 is 23.9 Å². The maximum Gasteiger partial charge on any atom is 0.328 e. The van der Waals surface area contributed by atoms with E-state index in [2.05, 4.69) is 10.3 Å². The fourth-order valence-electron chi connectivity index (χ4n) is 2.54. The minimum Gasteiger partial charge on any atom is -0.466 e. The van der Waals surface area contributed by atoms with Crippen LogP contribution in [0.4, 0.5) is 0 Å². The first-order chi connectivity index (χ1) is 13.5. The lowest BCUT2D eigenvalue weighted by Crippen LogP contribution is -2.42. The quantitative estimate of drug-likeness (QED) is 0.668. The van der Waals surface area contributed by atoms with Gasteiger partial charge in [0.05, 0.1) is 24.5 Å². The number of aromatic nitrogens is 1. The van der Waals surface area contributed by atoms with Crippen LogP contribution in [0.2, 0.25) is 0 Å². The third-order valence-corrected chi connectivity index (χ3v) is 3.91. The SMILES string of the molecule is CCOC(=O)CC[C@H](NC(=O)c1ccc(-c2ccccc2)nc1)C(=O)OCC. The maximum atomic E-state index is 12.5. The molecule has 0 saturated heterocycles. The molecule has 28 heavy (non-hydrogen) atoms. The lowest BCUT2D eigenvalue weighted by Gasteiger charge is -2.17. The Morgan fingerprint density at radius 1 is 1.00 bits per heavy atom. The summed E-state index contributed by atoms with van der Waals surface area (Å²) in [6.07, 6.45) is 1.55. The number of carbonyl (C=O) groups excluding carboxylic acids is 3. The van der Waals surface area contributed by atoms with Crippen molar-refractivity contribution >= 4 is 17.8 Å². The second kappa shape index (κ2) is 10.8. The van der Waals surface area contributed by atoms with Crippen LogP contribution >= 0.6 is 0 Å². The molecule has 0 radical (unpaired) electrons. The van der Waals surface area contributed by atoms with Crippen LogP contribution in [0, 0.1) is 0 Å². The zero-order valence-corrected chi connectivity index (χ0v) is 16.0. The minimum atomic E-state index is -0.939. The summed E-state index contributed by atoms with van der Waals surface area (Å²) in [7, 11) is 0. The number of nitrogens with one attached hydrogen (secondary N) is 1. The van der Waals surface area contributed by atoms with Crippen molar-refractivity contribution in [3.63, 3.8) is 0 Å². The number of pyridine rings is 1. The second-order valence-electron chi connectivity index (χ2n) is 5.92. The maximum absolute atomic E-state index is 12.5. The van der Waals surface area contributed by atoms with Gasteiger partial charge in [0.15, 0.2) is 0 Å². The zero-order valence-electron chi connectivity index (χ0n) is 16.0. The lowest BCUT2D eigenvalue weighted by molar-refractivity contribution is -0.146. The Kier molecular flexibility index (Phi) is 8.14. The molecule has 1 aromatic heterocycles. The number of ether oxygens (including phenoxy) is 2. The van der Waals surface area contributed by atoms with E-state index in [9.17, 15) is 14.4 Å². The predicted octanol–water partition coefficient (Wildman–Crippen LogP) is 2.75. The van der Waals surface area contributed by atoms with Gasteiger partial charge in [-0.25, -0.2) is 4.79 Å². The van der Waals surface area contributed by atoms with Crippen molar-refractivity contribution in [1.82, 2.24) is 10.3 Å². The number of benzene rings is 1. The summed E-state index contributed by atoms with van der Waals surface area (Å²) in [5, 5.41) is 2.61. The standard InChI is InChI=1S/C21H24N2O5/c1-3-27-19(24)13-12-18(21(26)28-4-2)23-20(25)16-10-11-17(22-14-16)15-8-6-5-7-9-15/h5-11,14,18H,3-4,12-13H2,1-2H3,(H,23,25)/t18-/m0/s1. The summed E-state index contributed by atoms with van der Waals surface area (Å²) < 4.78 is 9.85. The molecule has 0 aliphatic carbocycles. The summed E-state index contributed by atoms with van der Waals surface area (Å²) in [4.78, 5) is 40.5. The van der Waals surface area contributed by atoms with Crippen LogP contribution in [0.5, 0.6) is 0 Å². The molecule has 0 bridgehead atoms. The third-order valence-electron chi connectivity index (χ3n) is 3.91. The van der Waals surface area contributed by atoms with Gasteiger partial charge >= 0.3 is 11.9 Å². The summed E-state index contributed by atoms with van der Waals surface area (Å²) >= 11 is 0. The molecule has 7 nitrogen and oxygen atoms in total. The number of amides is 1. The van der Waals surface area contributed by atoms with E-state index in [1.165, 1.54) is 6.20 Å². The average molecular weight is 384 g/mol. The zero-order chi connectivity index (χ0) is 20.4. The molecule has 1 aromatic carbocycles. The summed E-state index contributed by atoms with van der Waals surface area (Å²) in [6, 6.07) is 12.0. The lowest BCUT2D eigenvalue weighted by atomic mass is 10.1. The molecule has 0 aliphatic heterocycles. The van der Waals surface area contributed by atoms with Crippen LogP contribution in [0.25, 0.3) is 11.3 Å². The molecule has 0 saturated carbocycles. The van der Waals surface area contributed by atoms with Gasteiger partial charge in [-0.1, -0.05) is 30.3 Å². The van der Waals surface area contributed by atoms with Gasteiger partial charge in [-0.3, -0.25) is 14.6 Å². The highest BCUT2D eigenvalue weighted by Gasteiger charge is 2.24. The Balaban J connectivity index is 2.04. The van der Waals surface area contributed by atoms with E-state index >= 15 is 0 Å². The first-order valence-electron chi connectivity index (χ1n) is 9.19. The fourth-order valence-corrected chi connectivity index (χ4v) is 2.54. The van der Waals surface area contributed by atoms with Crippen LogP contribution < -0.4 is 5.32 Å². The Bertz CT molecular complexity index is 790. The van der Waals surface area contributed by atoms with Gasteiger partial charge in [0.25, 0.3) is 5.91 Å². The average Bonchev–Trinajstić information content (AvgIpc) is 2.72. The van der Waals surface area contributed by atoms with Crippen LogP contribution in [0.15, 0.2) is 48.7 Å². The van der Waals surface area contributed by atoms with Crippen LogP contribution in [0.1, 0.15) is 37.0 Å². The van der Waals surface area contributed by atoms with Crippen molar-refractivity contribution in [2.24, 2.45) is 0 Å². The van der Waals surface area contributed by atoms with E-state index in [0.717, 1.165) is 11.3 Å². The van der Waals surface area contributed by atoms with Gasteiger partial charge in [-0.2, -0.15) is 0 Å². The Hall–Kier alpha value is -3.22. The molecule has 1 heterocycles. The van der Waals surface area contributed by atoms with E-state index in [-0.39, 0.29) is 26.1 Å². The molecule has 148 valence electrons. The fraction of sp³-hybridized carbons (Fsp3) is 0.333. The molecule has 2 rings (SSSR count). The van der Waals surface area contributed by atoms with Gasteiger partial charge in [0.2, 0.25) is 0 Å². The van der Waals surface area contributed by atoms with Gasteiger partial charge in [-0.15, -0.1) is 0 Å². The molecule has 0 spiro atoms. The molecule has 1 amide bonds. The molecule has 0 aliphatic rings. The monoisotopic (exact) mass is 384 g/mol. The van der Waals surface area contributed by atoms with Gasteiger partial charge in [0.1, 0.15) is 6.04 Å². The predicted molar refractivity (Wildman–Crippen MR) is 103 cm³/mol. The van der Waals surface area contributed by atoms with Crippen molar-refractivity contribution < 1.29 is 23.9 Å². The molecule has 1 N–H and O–H groups in total. The van der Waals surface area contributed by atoms with E-state index in [0.29, 0.717) is 5.56 Å². The normalized spacial score (nSPS) is 11.4. The largest absolute Gasteiger partial charge is 0.466 e. The molecule has 0 unspecified atom stereocenters. The van der Waals surface area contributed by atoms with E-state index in [4.69, 9.17) is 9.47 Å². The smallest absolute Gasteiger partial charge is 0.328 e. The van der Waals surface area contributed by atoms with Crippen molar-refractivity contribution in [3.8, 4) is 11.3 Å². The third kappa shape index (κ3) is 6.19. The van der Waals surface area contributed by atoms with Gasteiger partial charge in [0, 0.05) is 18.2 Å². The number of hydrogen-bond donors (Lipinski definition) is 1. The Morgan fingerprint density at radius 3 is 2.32 bits per heavy atom. The van der Waals surface area contributed by atoms with Crippen LogP contribution in [-0.2, 0) is 19.1 Å². The molecular weight excluding hydrogens is 360 g/mol. The molecule has 0 fully saturated rings. The van der Waals surface area contributed by atoms with E-state index in [1.54, 1.807) is 26.0 Å². The van der Waals surface area contributed by atoms with E-state index in [1.807, 2.05) is 30.3 Å². The highest BCUT2D eigenvalue weighted by Crippen LogP contribution is 2.16. The topological polar surface area (TPSA) is 94.6 Å². The highest BCUT2D eigenvalue weighted by atomic mass is 16.5. The van der Waals surface area contributed by atoms with Crippen molar-refractivity contribution in [2.75, 3.05) is 13.2 Å². The molecule has 7 heteroatoms. The van der Waals surface area contributed by atoms with Crippen molar-refractivity contribution in [2.45, 2.75) is 32.7 Å². The summed E-state index contributed by atoms with van der Waals surface area (Å²) in [5.74, 6) is -1.48. The Labute approximate surface area is 164 Å². The minimum absolute atomic E-state index is 0.00277. The molecule has 1 atom stereocenters. The molecule has 2 aromatic rings. The number of nitrogens with zero attached hydrogens (tertiary/aromatic N) is 1. The van der Waals surface area contributed by atoms with Gasteiger partial charge < -0.3 is 14.8 Å². The van der Waals surface area contributed by atoms with Crippen LogP contribution in [0.3, 0.4) is 0 Å². The second-order valence-corrected chi connectivity index (χ2v) is 5.92. The number of esters is 2. The van der Waals surface area contributed by atoms with Crippen molar-refractivity contribution in [3.05, 3.63) is 54.2 Å². The molecular formula is C21H24N2O5. The van der Waals surface area contributed by atoms with Crippen LogP contribution in [-0.4, -0.2) is 42.1 Å². The summed E-state index contributed by atoms with van der Waals surface area (Å²) in [6.45, 7) is 3.82. The highest BCUT2D eigenvalue weighted by molar-refractivity contribution is 5.96. The number of hydrogen-bond acceptors (Lipinski definition) is 6. The number of carbonyl (C=O) groups is 3. The first-order valence-corrected chi connectivity index (χ1v) is 9.19.